The summed E-state index contributed by atoms with van der Waals surface area (Å²) in [5, 5.41) is 6.66. The van der Waals surface area contributed by atoms with Crippen LogP contribution in [0.3, 0.4) is 0 Å². The van der Waals surface area contributed by atoms with Gasteiger partial charge in [-0.1, -0.05) is 0 Å². The zero-order chi connectivity index (χ0) is 9.80. The molecule has 2 unspecified atom stereocenters. The Balaban J connectivity index is 1.60. The van der Waals surface area contributed by atoms with E-state index >= 15 is 0 Å². The summed E-state index contributed by atoms with van der Waals surface area (Å²) in [5.41, 5.74) is 0. The second-order valence-corrected chi connectivity index (χ2v) is 4.16. The molecule has 2 saturated heterocycles. The number of piperidine rings is 1. The van der Waals surface area contributed by atoms with Gasteiger partial charge in [0.25, 0.3) is 0 Å². The Labute approximate surface area is 85.3 Å². The molecule has 0 aliphatic carbocycles. The molecule has 2 aliphatic rings. The van der Waals surface area contributed by atoms with Gasteiger partial charge < -0.3 is 14.8 Å². The predicted molar refractivity (Wildman–Crippen MR) is 54.2 cm³/mol. The first-order chi connectivity index (χ1) is 6.84. The van der Waals surface area contributed by atoms with E-state index in [4.69, 9.17) is 9.47 Å². The van der Waals surface area contributed by atoms with E-state index in [-0.39, 0.29) is 6.23 Å². The van der Waals surface area contributed by atoms with Crippen LogP contribution in [0.4, 0.5) is 0 Å². The van der Waals surface area contributed by atoms with E-state index in [0.29, 0.717) is 18.8 Å². The summed E-state index contributed by atoms with van der Waals surface area (Å²) < 4.78 is 11.2. The first kappa shape index (κ1) is 10.4. The Kier molecular flexibility index (Phi) is 3.75. The molecule has 2 heterocycles. The summed E-state index contributed by atoms with van der Waals surface area (Å²) in [5.74, 6) is 0. The number of ether oxygens (including phenoxy) is 2. The molecule has 2 N–H and O–H groups in total. The Hall–Kier alpha value is -0.160. The van der Waals surface area contributed by atoms with Crippen LogP contribution < -0.4 is 10.6 Å². The molecule has 0 amide bonds. The third-order valence-corrected chi connectivity index (χ3v) is 2.89. The van der Waals surface area contributed by atoms with Crippen molar-refractivity contribution < 1.29 is 9.47 Å². The molecule has 0 saturated carbocycles. The summed E-state index contributed by atoms with van der Waals surface area (Å²) >= 11 is 0. The minimum Gasteiger partial charge on any atom is -0.373 e. The van der Waals surface area contributed by atoms with Crippen molar-refractivity contribution in [3.05, 3.63) is 0 Å². The van der Waals surface area contributed by atoms with Gasteiger partial charge in [0.05, 0.1) is 19.3 Å². The lowest BCUT2D eigenvalue weighted by Gasteiger charge is -2.28. The van der Waals surface area contributed by atoms with E-state index in [9.17, 15) is 0 Å². The van der Waals surface area contributed by atoms with Gasteiger partial charge in [-0.05, 0) is 19.8 Å². The molecular weight excluding hydrogens is 180 g/mol. The molecule has 2 fully saturated rings. The van der Waals surface area contributed by atoms with Gasteiger partial charge in [0.1, 0.15) is 6.23 Å². The third kappa shape index (κ3) is 2.92. The molecule has 0 radical (unpaired) electrons. The van der Waals surface area contributed by atoms with Crippen LogP contribution in [0, 0.1) is 0 Å². The van der Waals surface area contributed by atoms with E-state index in [0.717, 1.165) is 19.7 Å². The SMILES string of the molecule is C[C@@H]1CCC(OCC2NCCO2)CN1. The van der Waals surface area contributed by atoms with Gasteiger partial charge >= 0.3 is 0 Å². The Morgan fingerprint density at radius 2 is 2.29 bits per heavy atom. The lowest BCUT2D eigenvalue weighted by Crippen LogP contribution is -2.42. The summed E-state index contributed by atoms with van der Waals surface area (Å²) in [6.45, 7) is 5.65. The maximum Gasteiger partial charge on any atom is 0.131 e. The summed E-state index contributed by atoms with van der Waals surface area (Å²) in [7, 11) is 0. The maximum absolute atomic E-state index is 5.77. The maximum atomic E-state index is 5.77. The van der Waals surface area contributed by atoms with Crippen LogP contribution in [0.2, 0.25) is 0 Å². The number of hydrogen-bond acceptors (Lipinski definition) is 4. The molecule has 0 spiro atoms. The minimum atomic E-state index is 0.120. The number of nitrogens with one attached hydrogen (secondary N) is 2. The van der Waals surface area contributed by atoms with E-state index in [1.807, 2.05) is 0 Å². The number of rotatable bonds is 3. The van der Waals surface area contributed by atoms with Crippen LogP contribution in [0.25, 0.3) is 0 Å². The topological polar surface area (TPSA) is 42.5 Å². The highest BCUT2D eigenvalue weighted by Crippen LogP contribution is 2.11. The normalized spacial score (nSPS) is 38.8. The van der Waals surface area contributed by atoms with Crippen LogP contribution in [0.15, 0.2) is 0 Å². The van der Waals surface area contributed by atoms with Gasteiger partial charge in [0.2, 0.25) is 0 Å². The lowest BCUT2D eigenvalue weighted by atomic mass is 10.0. The first-order valence-electron chi connectivity index (χ1n) is 5.54. The van der Waals surface area contributed by atoms with Gasteiger partial charge in [-0.3, -0.25) is 5.32 Å². The first-order valence-corrected chi connectivity index (χ1v) is 5.54. The zero-order valence-electron chi connectivity index (χ0n) is 8.79. The van der Waals surface area contributed by atoms with Gasteiger partial charge in [0.15, 0.2) is 0 Å². The Morgan fingerprint density at radius 3 is 2.93 bits per heavy atom. The highest BCUT2D eigenvalue weighted by molar-refractivity contribution is 4.75. The van der Waals surface area contributed by atoms with Crippen LogP contribution in [0.1, 0.15) is 19.8 Å². The fourth-order valence-electron chi connectivity index (χ4n) is 1.93. The zero-order valence-corrected chi connectivity index (χ0v) is 8.79. The lowest BCUT2D eigenvalue weighted by molar-refractivity contribution is -0.0360. The summed E-state index contributed by atoms with van der Waals surface area (Å²) in [6.07, 6.45) is 2.87. The van der Waals surface area contributed by atoms with Crippen molar-refractivity contribution in [1.29, 1.82) is 0 Å². The summed E-state index contributed by atoms with van der Waals surface area (Å²) in [4.78, 5) is 0. The van der Waals surface area contributed by atoms with Crippen LogP contribution in [0.5, 0.6) is 0 Å². The highest BCUT2D eigenvalue weighted by atomic mass is 16.6. The van der Waals surface area contributed by atoms with Gasteiger partial charge in [-0.25, -0.2) is 0 Å². The average molecular weight is 200 g/mol. The predicted octanol–water partition coefficient (Wildman–Crippen LogP) is 0.0894. The molecule has 0 bridgehead atoms. The Bertz CT molecular complexity index is 164. The Morgan fingerprint density at radius 1 is 1.36 bits per heavy atom. The van der Waals surface area contributed by atoms with E-state index in [1.54, 1.807) is 0 Å². The fourth-order valence-corrected chi connectivity index (χ4v) is 1.93. The highest BCUT2D eigenvalue weighted by Gasteiger charge is 2.20. The molecule has 0 aromatic carbocycles. The van der Waals surface area contributed by atoms with Crippen molar-refractivity contribution in [1.82, 2.24) is 10.6 Å². The van der Waals surface area contributed by atoms with Crippen molar-refractivity contribution in [3.8, 4) is 0 Å². The molecule has 3 atom stereocenters. The molecule has 2 rings (SSSR count). The van der Waals surface area contributed by atoms with Gasteiger partial charge in [-0.2, -0.15) is 0 Å². The third-order valence-electron chi connectivity index (χ3n) is 2.89. The van der Waals surface area contributed by atoms with Crippen molar-refractivity contribution >= 4 is 0 Å². The molecular formula is C10H20N2O2. The van der Waals surface area contributed by atoms with Gasteiger partial charge in [0, 0.05) is 19.1 Å². The average Bonchev–Trinajstić information content (AvgIpc) is 2.70. The molecule has 82 valence electrons. The smallest absolute Gasteiger partial charge is 0.131 e. The second-order valence-electron chi connectivity index (χ2n) is 4.16. The summed E-state index contributed by atoms with van der Waals surface area (Å²) in [6, 6.07) is 0.649. The van der Waals surface area contributed by atoms with Crippen molar-refractivity contribution in [3.63, 3.8) is 0 Å². The fraction of sp³-hybridized carbons (Fsp3) is 1.00. The van der Waals surface area contributed by atoms with E-state index in [1.165, 1.54) is 12.8 Å². The molecule has 2 aliphatic heterocycles. The standard InChI is InChI=1S/C10H20N2O2/c1-8-2-3-9(6-12-8)14-7-10-11-4-5-13-10/h8-12H,2-7H2,1H3/t8-,9?,10?/m1/s1. The van der Waals surface area contributed by atoms with Crippen molar-refractivity contribution in [2.24, 2.45) is 0 Å². The number of hydrogen-bond donors (Lipinski definition) is 2. The van der Waals surface area contributed by atoms with E-state index < -0.39 is 0 Å². The quantitative estimate of drug-likeness (QED) is 0.677. The largest absolute Gasteiger partial charge is 0.373 e. The molecule has 4 nitrogen and oxygen atoms in total. The molecule has 0 aromatic rings. The molecule has 0 aromatic heterocycles. The molecule has 14 heavy (non-hydrogen) atoms. The minimum absolute atomic E-state index is 0.120. The monoisotopic (exact) mass is 200 g/mol. The van der Waals surface area contributed by atoms with Crippen molar-refractivity contribution in [2.45, 2.75) is 38.1 Å². The van der Waals surface area contributed by atoms with Crippen molar-refractivity contribution in [2.75, 3.05) is 26.3 Å². The van der Waals surface area contributed by atoms with Gasteiger partial charge in [-0.15, -0.1) is 0 Å². The van der Waals surface area contributed by atoms with Crippen LogP contribution >= 0.6 is 0 Å². The van der Waals surface area contributed by atoms with Crippen LogP contribution in [-0.4, -0.2) is 44.7 Å². The van der Waals surface area contributed by atoms with E-state index in [2.05, 4.69) is 17.6 Å². The molecule has 4 heteroatoms. The van der Waals surface area contributed by atoms with Crippen LogP contribution in [-0.2, 0) is 9.47 Å². The second kappa shape index (κ2) is 5.07.